The van der Waals surface area contributed by atoms with Crippen LogP contribution in [0.1, 0.15) is 0 Å². The molecule has 9 rings (SSSR count). The minimum Gasteiger partial charge on any atom is -0.316 e. The van der Waals surface area contributed by atoms with Crippen LogP contribution in [0.4, 0.5) is 0 Å². The number of aromatic nitrogens is 6. The molecule has 0 N–H and O–H groups in total. The Morgan fingerprint density at radius 2 is 1.19 bits per heavy atom. The minimum absolute atomic E-state index is 0.616. The number of nitrogens with zero attached hydrogens (tertiary/aromatic N) is 6. The van der Waals surface area contributed by atoms with E-state index in [1.165, 1.54) is 5.39 Å². The maximum atomic E-state index is 5.31. The summed E-state index contributed by atoms with van der Waals surface area (Å²) in [6.45, 7) is 0. The van der Waals surface area contributed by atoms with Gasteiger partial charge in [0.05, 0.1) is 33.3 Å². The van der Waals surface area contributed by atoms with E-state index in [-0.39, 0.29) is 0 Å². The molecule has 6 nitrogen and oxygen atoms in total. The van der Waals surface area contributed by atoms with Gasteiger partial charge in [-0.3, -0.25) is 9.55 Å². The minimum atomic E-state index is 0.616. The number of fused-ring (bicyclic) bond motifs is 6. The Labute approximate surface area is 246 Å². The van der Waals surface area contributed by atoms with Crippen molar-refractivity contribution in [2.24, 2.45) is 0 Å². The van der Waals surface area contributed by atoms with Gasteiger partial charge in [0.1, 0.15) is 5.69 Å². The maximum absolute atomic E-state index is 5.31. The molecule has 0 aliphatic carbocycles. The van der Waals surface area contributed by atoms with E-state index in [1.807, 2.05) is 48.7 Å². The van der Waals surface area contributed by atoms with Crippen LogP contribution in [0, 0.1) is 0 Å². The first-order valence-corrected chi connectivity index (χ1v) is 14.3. The van der Waals surface area contributed by atoms with Gasteiger partial charge < -0.3 is 9.13 Å². The summed E-state index contributed by atoms with van der Waals surface area (Å²) in [4.78, 5) is 15.3. The Morgan fingerprint density at radius 1 is 0.465 bits per heavy atom. The van der Waals surface area contributed by atoms with Crippen LogP contribution < -0.4 is 0 Å². The standard InChI is InChI=1S/C37H24N6/c1-3-11-25(12-4-1)41-23-20-29-32(41)19-18-28-27-15-7-8-17-33(27)43(35(28)29)37-39-31-21-24-42(26-13-5-2-6-14-26)36(31)34(40-37)30-16-9-10-22-38-30/h1-24H. The number of hydrogen-bond acceptors (Lipinski definition) is 3. The molecule has 4 aromatic carbocycles. The van der Waals surface area contributed by atoms with Gasteiger partial charge in [0.15, 0.2) is 0 Å². The molecule has 0 spiro atoms. The van der Waals surface area contributed by atoms with Crippen molar-refractivity contribution in [2.75, 3.05) is 0 Å². The molecule has 43 heavy (non-hydrogen) atoms. The lowest BCUT2D eigenvalue weighted by molar-refractivity contribution is 1.01. The quantitative estimate of drug-likeness (QED) is 0.220. The molecule has 6 heteroatoms. The second kappa shape index (κ2) is 9.26. The molecule has 0 fully saturated rings. The lowest BCUT2D eigenvalue weighted by Gasteiger charge is -2.13. The van der Waals surface area contributed by atoms with Crippen molar-refractivity contribution in [1.82, 2.24) is 28.7 Å². The SMILES string of the molecule is c1ccc(-n2ccc3c2ccc2c4ccccc4n(-c4nc(-c5ccccn5)c5c(ccn5-c5ccccc5)n4)c23)cc1. The first-order chi connectivity index (χ1) is 21.3. The fourth-order valence-corrected chi connectivity index (χ4v) is 6.32. The molecular weight excluding hydrogens is 528 g/mol. The van der Waals surface area contributed by atoms with Gasteiger partial charge in [0.2, 0.25) is 5.95 Å². The fourth-order valence-electron chi connectivity index (χ4n) is 6.32. The van der Waals surface area contributed by atoms with Crippen molar-refractivity contribution in [2.45, 2.75) is 0 Å². The van der Waals surface area contributed by atoms with Crippen LogP contribution in [0.2, 0.25) is 0 Å². The van der Waals surface area contributed by atoms with E-state index in [0.29, 0.717) is 5.95 Å². The monoisotopic (exact) mass is 552 g/mol. The molecule has 0 saturated carbocycles. The summed E-state index contributed by atoms with van der Waals surface area (Å²) in [5, 5.41) is 3.47. The van der Waals surface area contributed by atoms with Gasteiger partial charge >= 0.3 is 0 Å². The molecular formula is C37H24N6. The molecule has 0 unspecified atom stereocenters. The molecule has 9 aromatic rings. The average molecular weight is 553 g/mol. The topological polar surface area (TPSA) is 53.5 Å². The molecule has 0 radical (unpaired) electrons. The molecule has 0 amide bonds. The van der Waals surface area contributed by atoms with Crippen LogP contribution >= 0.6 is 0 Å². The van der Waals surface area contributed by atoms with Gasteiger partial charge in [-0.05, 0) is 60.7 Å². The summed E-state index contributed by atoms with van der Waals surface area (Å²) in [6.07, 6.45) is 6.02. The van der Waals surface area contributed by atoms with Gasteiger partial charge in [0.25, 0.3) is 0 Å². The van der Waals surface area contributed by atoms with Crippen molar-refractivity contribution in [3.8, 4) is 28.7 Å². The van der Waals surface area contributed by atoms with Crippen LogP contribution in [0.5, 0.6) is 0 Å². The summed E-state index contributed by atoms with van der Waals surface area (Å²) < 4.78 is 6.60. The van der Waals surface area contributed by atoms with E-state index in [2.05, 4.69) is 111 Å². The van der Waals surface area contributed by atoms with Crippen molar-refractivity contribution in [3.63, 3.8) is 0 Å². The highest BCUT2D eigenvalue weighted by atomic mass is 15.2. The zero-order valence-corrected chi connectivity index (χ0v) is 23.0. The van der Waals surface area contributed by atoms with E-state index in [1.54, 1.807) is 0 Å². The zero-order chi connectivity index (χ0) is 28.3. The Bertz CT molecular complexity index is 2430. The Morgan fingerprint density at radius 3 is 1.98 bits per heavy atom. The predicted octanol–water partition coefficient (Wildman–Crippen LogP) is 8.52. The molecule has 0 aliphatic heterocycles. The summed E-state index contributed by atoms with van der Waals surface area (Å²) in [5.41, 5.74) is 8.81. The summed E-state index contributed by atoms with van der Waals surface area (Å²) in [6, 6.07) is 43.9. The highest BCUT2D eigenvalue weighted by molar-refractivity contribution is 6.18. The van der Waals surface area contributed by atoms with Gasteiger partial charge in [-0.2, -0.15) is 0 Å². The average Bonchev–Trinajstić information content (AvgIpc) is 3.79. The van der Waals surface area contributed by atoms with Gasteiger partial charge in [0, 0.05) is 46.1 Å². The molecule has 202 valence electrons. The van der Waals surface area contributed by atoms with Crippen molar-refractivity contribution in [3.05, 3.63) is 146 Å². The van der Waals surface area contributed by atoms with E-state index in [0.717, 1.165) is 61.1 Å². The summed E-state index contributed by atoms with van der Waals surface area (Å²) in [7, 11) is 0. The number of hydrogen-bond donors (Lipinski definition) is 0. The molecule has 5 aromatic heterocycles. The fraction of sp³-hybridized carbons (Fsp3) is 0. The molecule has 0 saturated heterocycles. The second-order valence-corrected chi connectivity index (χ2v) is 10.6. The first-order valence-electron chi connectivity index (χ1n) is 14.3. The third-order valence-electron chi connectivity index (χ3n) is 8.20. The second-order valence-electron chi connectivity index (χ2n) is 10.6. The smallest absolute Gasteiger partial charge is 0.235 e. The van der Waals surface area contributed by atoms with Gasteiger partial charge in [-0.1, -0.05) is 66.7 Å². The largest absolute Gasteiger partial charge is 0.316 e. The van der Waals surface area contributed by atoms with Crippen LogP contribution in [-0.2, 0) is 0 Å². The predicted molar refractivity (Wildman–Crippen MR) is 173 cm³/mol. The number of benzene rings is 4. The summed E-state index contributed by atoms with van der Waals surface area (Å²) in [5.74, 6) is 0.616. The number of pyridine rings is 1. The Balaban J connectivity index is 1.39. The third-order valence-corrected chi connectivity index (χ3v) is 8.20. The van der Waals surface area contributed by atoms with Gasteiger partial charge in [-0.15, -0.1) is 0 Å². The number of rotatable bonds is 4. The van der Waals surface area contributed by atoms with Crippen LogP contribution in [0.25, 0.3) is 72.5 Å². The van der Waals surface area contributed by atoms with E-state index in [9.17, 15) is 0 Å². The Hall–Kier alpha value is -6.01. The zero-order valence-electron chi connectivity index (χ0n) is 23.0. The molecule has 5 heterocycles. The van der Waals surface area contributed by atoms with Gasteiger partial charge in [-0.25, -0.2) is 9.97 Å². The lowest BCUT2D eigenvalue weighted by Crippen LogP contribution is -2.05. The molecule has 0 atom stereocenters. The third kappa shape index (κ3) is 3.57. The van der Waals surface area contributed by atoms with Crippen molar-refractivity contribution >= 4 is 43.7 Å². The van der Waals surface area contributed by atoms with Crippen molar-refractivity contribution in [1.29, 1.82) is 0 Å². The molecule has 0 bridgehead atoms. The highest BCUT2D eigenvalue weighted by Gasteiger charge is 2.22. The van der Waals surface area contributed by atoms with Crippen molar-refractivity contribution < 1.29 is 0 Å². The highest BCUT2D eigenvalue weighted by Crippen LogP contribution is 2.38. The first kappa shape index (κ1) is 23.7. The maximum Gasteiger partial charge on any atom is 0.235 e. The van der Waals surface area contributed by atoms with Crippen LogP contribution in [0.15, 0.2) is 146 Å². The Kier molecular flexibility index (Phi) is 5.10. The van der Waals surface area contributed by atoms with E-state index < -0.39 is 0 Å². The lowest BCUT2D eigenvalue weighted by atomic mass is 10.1. The normalized spacial score (nSPS) is 11.7. The van der Waals surface area contributed by atoms with E-state index >= 15 is 0 Å². The van der Waals surface area contributed by atoms with Crippen LogP contribution in [-0.4, -0.2) is 28.7 Å². The molecule has 0 aliphatic rings. The van der Waals surface area contributed by atoms with Crippen LogP contribution in [0.3, 0.4) is 0 Å². The van der Waals surface area contributed by atoms with E-state index in [4.69, 9.17) is 15.0 Å². The summed E-state index contributed by atoms with van der Waals surface area (Å²) >= 11 is 0. The number of para-hydroxylation sites is 3.